The quantitative estimate of drug-likeness (QED) is 0.881. The predicted octanol–water partition coefficient (Wildman–Crippen LogP) is 3.32. The highest BCUT2D eigenvalue weighted by Crippen LogP contribution is 2.39. The molecule has 1 aromatic rings. The molecule has 1 aliphatic heterocycles. The summed E-state index contributed by atoms with van der Waals surface area (Å²) in [5.74, 6) is 0.127. The fourth-order valence-corrected chi connectivity index (χ4v) is 3.30. The SMILES string of the molecule is COc1cc(Br)cc(C2CC(C(=O)O)CN2)c1C(C)C. The zero-order chi connectivity index (χ0) is 14.9. The number of nitrogens with one attached hydrogen (secondary N) is 1. The summed E-state index contributed by atoms with van der Waals surface area (Å²) in [6.45, 7) is 4.77. The van der Waals surface area contributed by atoms with Gasteiger partial charge in [-0.3, -0.25) is 4.79 Å². The highest BCUT2D eigenvalue weighted by atomic mass is 79.9. The molecule has 20 heavy (non-hydrogen) atoms. The van der Waals surface area contributed by atoms with Crippen LogP contribution in [0.15, 0.2) is 16.6 Å². The second-order valence-corrected chi connectivity index (χ2v) is 6.41. The van der Waals surface area contributed by atoms with Crippen molar-refractivity contribution in [1.82, 2.24) is 5.32 Å². The first-order chi connectivity index (χ1) is 9.43. The summed E-state index contributed by atoms with van der Waals surface area (Å²) in [6.07, 6.45) is 0.620. The van der Waals surface area contributed by atoms with Crippen LogP contribution in [-0.4, -0.2) is 24.7 Å². The smallest absolute Gasteiger partial charge is 0.307 e. The van der Waals surface area contributed by atoms with E-state index in [2.05, 4.69) is 41.2 Å². The van der Waals surface area contributed by atoms with Crippen molar-refractivity contribution in [3.05, 3.63) is 27.7 Å². The first-order valence-electron chi connectivity index (χ1n) is 6.77. The van der Waals surface area contributed by atoms with Gasteiger partial charge in [0.05, 0.1) is 13.0 Å². The number of halogens is 1. The van der Waals surface area contributed by atoms with Crippen molar-refractivity contribution in [2.45, 2.75) is 32.2 Å². The molecule has 2 rings (SSSR count). The lowest BCUT2D eigenvalue weighted by Gasteiger charge is -2.22. The van der Waals surface area contributed by atoms with Gasteiger partial charge in [0.25, 0.3) is 0 Å². The molecule has 1 aromatic carbocycles. The normalized spacial score (nSPS) is 22.2. The minimum Gasteiger partial charge on any atom is -0.496 e. The molecule has 4 nitrogen and oxygen atoms in total. The summed E-state index contributed by atoms with van der Waals surface area (Å²) >= 11 is 3.50. The molecule has 1 fully saturated rings. The molecule has 1 saturated heterocycles. The average molecular weight is 342 g/mol. The molecule has 0 bridgehead atoms. The number of aliphatic carboxylic acids is 1. The van der Waals surface area contributed by atoms with Crippen LogP contribution in [0.1, 0.15) is 43.4 Å². The van der Waals surface area contributed by atoms with Gasteiger partial charge >= 0.3 is 5.97 Å². The summed E-state index contributed by atoms with van der Waals surface area (Å²) in [6, 6.07) is 4.10. The lowest BCUT2D eigenvalue weighted by molar-refractivity contribution is -0.141. The Hall–Kier alpha value is -1.07. The molecule has 5 heteroatoms. The molecule has 0 spiro atoms. The summed E-state index contributed by atoms with van der Waals surface area (Å²) in [5, 5.41) is 12.5. The van der Waals surface area contributed by atoms with Crippen molar-refractivity contribution in [3.8, 4) is 5.75 Å². The summed E-state index contributed by atoms with van der Waals surface area (Å²) in [4.78, 5) is 11.1. The molecule has 0 aromatic heterocycles. The van der Waals surface area contributed by atoms with Crippen molar-refractivity contribution in [1.29, 1.82) is 0 Å². The molecule has 0 radical (unpaired) electrons. The Morgan fingerprint density at radius 3 is 2.70 bits per heavy atom. The van der Waals surface area contributed by atoms with Gasteiger partial charge in [0.15, 0.2) is 0 Å². The second-order valence-electron chi connectivity index (χ2n) is 5.50. The van der Waals surface area contributed by atoms with Crippen molar-refractivity contribution < 1.29 is 14.6 Å². The topological polar surface area (TPSA) is 58.6 Å². The molecular formula is C15H20BrNO3. The predicted molar refractivity (Wildman–Crippen MR) is 81.3 cm³/mol. The van der Waals surface area contributed by atoms with E-state index in [0.717, 1.165) is 21.3 Å². The lowest BCUT2D eigenvalue weighted by Crippen LogP contribution is -2.18. The zero-order valence-electron chi connectivity index (χ0n) is 11.9. The van der Waals surface area contributed by atoms with Gasteiger partial charge in [0.1, 0.15) is 5.75 Å². The van der Waals surface area contributed by atoms with Gasteiger partial charge in [-0.2, -0.15) is 0 Å². The molecule has 0 aliphatic carbocycles. The molecule has 0 saturated carbocycles. The molecule has 110 valence electrons. The van der Waals surface area contributed by atoms with Gasteiger partial charge in [-0.15, -0.1) is 0 Å². The van der Waals surface area contributed by atoms with Crippen LogP contribution in [0, 0.1) is 5.92 Å². The van der Waals surface area contributed by atoms with Gasteiger partial charge in [-0.05, 0) is 30.0 Å². The minimum absolute atomic E-state index is 0.0694. The third-order valence-corrected chi connectivity index (χ3v) is 4.25. The van der Waals surface area contributed by atoms with Crippen LogP contribution in [0.25, 0.3) is 0 Å². The fourth-order valence-electron chi connectivity index (χ4n) is 2.85. The van der Waals surface area contributed by atoms with Crippen LogP contribution in [0.4, 0.5) is 0 Å². The molecule has 0 amide bonds. The fraction of sp³-hybridized carbons (Fsp3) is 0.533. The Bertz CT molecular complexity index is 516. The maximum atomic E-state index is 11.1. The van der Waals surface area contributed by atoms with Crippen molar-refractivity contribution >= 4 is 21.9 Å². The van der Waals surface area contributed by atoms with E-state index >= 15 is 0 Å². The van der Waals surface area contributed by atoms with E-state index < -0.39 is 5.97 Å². The van der Waals surface area contributed by atoms with Crippen LogP contribution in [-0.2, 0) is 4.79 Å². The van der Waals surface area contributed by atoms with E-state index in [1.54, 1.807) is 7.11 Å². The van der Waals surface area contributed by atoms with Crippen molar-refractivity contribution in [2.24, 2.45) is 5.92 Å². The average Bonchev–Trinajstić information content (AvgIpc) is 2.86. The number of carboxylic acid groups (broad SMARTS) is 1. The standard InChI is InChI=1S/C15H20BrNO3/c1-8(2)14-11(5-10(16)6-13(14)20-3)12-4-9(7-17-12)15(18)19/h5-6,8-9,12,17H,4,7H2,1-3H3,(H,18,19). The number of carbonyl (C=O) groups is 1. The number of ether oxygens (including phenoxy) is 1. The first kappa shape index (κ1) is 15.3. The third kappa shape index (κ3) is 2.99. The Morgan fingerprint density at radius 2 is 2.20 bits per heavy atom. The van der Waals surface area contributed by atoms with Gasteiger partial charge in [0, 0.05) is 22.6 Å². The Morgan fingerprint density at radius 1 is 1.50 bits per heavy atom. The zero-order valence-corrected chi connectivity index (χ0v) is 13.5. The summed E-state index contributed by atoms with van der Waals surface area (Å²) < 4.78 is 6.44. The highest BCUT2D eigenvalue weighted by Gasteiger charge is 2.32. The minimum atomic E-state index is -0.729. The number of rotatable bonds is 4. The van der Waals surface area contributed by atoms with Crippen LogP contribution >= 0.6 is 15.9 Å². The largest absolute Gasteiger partial charge is 0.496 e. The molecule has 2 atom stereocenters. The van der Waals surface area contributed by atoms with E-state index in [0.29, 0.717) is 18.9 Å². The number of hydrogen-bond donors (Lipinski definition) is 2. The third-order valence-electron chi connectivity index (χ3n) is 3.79. The molecule has 2 N–H and O–H groups in total. The van der Waals surface area contributed by atoms with Crippen molar-refractivity contribution in [3.63, 3.8) is 0 Å². The maximum absolute atomic E-state index is 11.1. The molecular weight excluding hydrogens is 322 g/mol. The molecule has 2 unspecified atom stereocenters. The van der Waals surface area contributed by atoms with Crippen molar-refractivity contribution in [2.75, 3.05) is 13.7 Å². The van der Waals surface area contributed by atoms with Crippen LogP contribution < -0.4 is 10.1 Å². The second kappa shape index (κ2) is 6.14. The summed E-state index contributed by atoms with van der Waals surface area (Å²) in [5.41, 5.74) is 2.29. The maximum Gasteiger partial charge on any atom is 0.307 e. The van der Waals surface area contributed by atoms with E-state index in [9.17, 15) is 4.79 Å². The highest BCUT2D eigenvalue weighted by molar-refractivity contribution is 9.10. The van der Waals surface area contributed by atoms with E-state index in [-0.39, 0.29) is 12.0 Å². The lowest BCUT2D eigenvalue weighted by atomic mass is 9.90. The first-order valence-corrected chi connectivity index (χ1v) is 7.56. The number of hydrogen-bond acceptors (Lipinski definition) is 3. The van der Waals surface area contributed by atoms with Gasteiger partial charge in [-0.25, -0.2) is 0 Å². The summed E-state index contributed by atoms with van der Waals surface area (Å²) in [7, 11) is 1.67. The number of benzene rings is 1. The van der Waals surface area contributed by atoms with Crippen LogP contribution in [0.2, 0.25) is 0 Å². The van der Waals surface area contributed by atoms with Gasteiger partial charge < -0.3 is 15.2 Å². The molecule has 1 aliphatic rings. The van der Waals surface area contributed by atoms with Crippen LogP contribution in [0.5, 0.6) is 5.75 Å². The number of carboxylic acids is 1. The van der Waals surface area contributed by atoms with Gasteiger partial charge in [0.2, 0.25) is 0 Å². The van der Waals surface area contributed by atoms with E-state index in [4.69, 9.17) is 9.84 Å². The Kier molecular flexibility index (Phi) is 4.70. The Labute approximate surface area is 127 Å². The monoisotopic (exact) mass is 341 g/mol. The number of methoxy groups -OCH3 is 1. The Balaban J connectivity index is 2.40. The van der Waals surface area contributed by atoms with E-state index in [1.165, 1.54) is 0 Å². The van der Waals surface area contributed by atoms with E-state index in [1.807, 2.05) is 6.07 Å². The van der Waals surface area contributed by atoms with Crippen LogP contribution in [0.3, 0.4) is 0 Å². The van der Waals surface area contributed by atoms with Gasteiger partial charge in [-0.1, -0.05) is 29.8 Å². The molecule has 1 heterocycles.